The molecule has 2 aliphatic rings. The molecule has 5 rings (SSSR count). The normalized spacial score (nSPS) is 16.6. The molecular formula is C33H37N7O2. The van der Waals surface area contributed by atoms with E-state index in [1.165, 1.54) is 28.1 Å². The van der Waals surface area contributed by atoms with Gasteiger partial charge in [0, 0.05) is 49.4 Å². The zero-order chi connectivity index (χ0) is 29.8. The van der Waals surface area contributed by atoms with Gasteiger partial charge in [-0.1, -0.05) is 36.9 Å². The van der Waals surface area contributed by atoms with E-state index in [1.54, 1.807) is 4.90 Å². The van der Waals surface area contributed by atoms with Crippen LogP contribution in [0.2, 0.25) is 0 Å². The van der Waals surface area contributed by atoms with Gasteiger partial charge in [0.15, 0.2) is 0 Å². The van der Waals surface area contributed by atoms with Crippen molar-refractivity contribution in [1.29, 1.82) is 10.5 Å². The number of benzene rings is 2. The number of aryl methyl sites for hydroxylation is 1. The molecule has 216 valence electrons. The van der Waals surface area contributed by atoms with Gasteiger partial charge in [0.2, 0.25) is 11.8 Å². The molecule has 0 saturated carbocycles. The van der Waals surface area contributed by atoms with Crippen LogP contribution in [0, 0.1) is 29.6 Å². The number of aromatic nitrogens is 1. The van der Waals surface area contributed by atoms with E-state index in [4.69, 9.17) is 9.72 Å². The van der Waals surface area contributed by atoms with E-state index in [9.17, 15) is 15.3 Å². The lowest BCUT2D eigenvalue weighted by molar-refractivity contribution is -0.128. The molecule has 1 unspecified atom stereocenters. The van der Waals surface area contributed by atoms with E-state index < -0.39 is 0 Å². The van der Waals surface area contributed by atoms with E-state index >= 15 is 0 Å². The minimum Gasteiger partial charge on any atom is -0.475 e. The highest BCUT2D eigenvalue weighted by Gasteiger charge is 2.35. The van der Waals surface area contributed by atoms with Gasteiger partial charge in [0.1, 0.15) is 18.2 Å². The van der Waals surface area contributed by atoms with Crippen molar-refractivity contribution < 1.29 is 9.53 Å². The zero-order valence-corrected chi connectivity index (χ0v) is 24.6. The smallest absolute Gasteiger partial charge is 0.246 e. The van der Waals surface area contributed by atoms with Crippen LogP contribution < -0.4 is 14.5 Å². The lowest BCUT2D eigenvalue weighted by Gasteiger charge is -2.43. The quantitative estimate of drug-likeness (QED) is 0.379. The van der Waals surface area contributed by atoms with Gasteiger partial charge < -0.3 is 24.3 Å². The maximum atomic E-state index is 12.6. The van der Waals surface area contributed by atoms with Crippen LogP contribution in [0.25, 0.3) is 10.8 Å². The van der Waals surface area contributed by atoms with Crippen LogP contribution in [0.3, 0.4) is 0 Å². The number of nitriles is 2. The summed E-state index contributed by atoms with van der Waals surface area (Å²) < 4.78 is 6.17. The predicted octanol–water partition coefficient (Wildman–Crippen LogP) is 4.03. The highest BCUT2D eigenvalue weighted by Crippen LogP contribution is 2.40. The first-order chi connectivity index (χ1) is 20.4. The van der Waals surface area contributed by atoms with Crippen LogP contribution in [0.1, 0.15) is 28.8 Å². The Morgan fingerprint density at radius 2 is 1.95 bits per heavy atom. The number of carbonyl (C=O) groups is 1. The Hall–Kier alpha value is -4.60. The van der Waals surface area contributed by atoms with E-state index in [2.05, 4.69) is 71.8 Å². The summed E-state index contributed by atoms with van der Waals surface area (Å²) in [6.45, 7) is 9.66. The maximum Gasteiger partial charge on any atom is 0.246 e. The van der Waals surface area contributed by atoms with Crippen molar-refractivity contribution in [1.82, 2.24) is 14.8 Å². The molecule has 3 heterocycles. The Morgan fingerprint density at radius 1 is 1.17 bits per heavy atom. The fourth-order valence-corrected chi connectivity index (χ4v) is 6.13. The van der Waals surface area contributed by atoms with E-state index in [-0.39, 0.29) is 18.4 Å². The first kappa shape index (κ1) is 28.9. The molecule has 0 N–H and O–H groups in total. The third-order valence-corrected chi connectivity index (χ3v) is 8.20. The topological polar surface area (TPSA) is 99.7 Å². The zero-order valence-electron chi connectivity index (χ0n) is 24.6. The highest BCUT2D eigenvalue weighted by atomic mass is 16.5. The fraction of sp³-hybridized carbons (Fsp3) is 0.394. The van der Waals surface area contributed by atoms with Crippen molar-refractivity contribution in [2.45, 2.75) is 32.4 Å². The number of piperazine rings is 1. The molecule has 0 radical (unpaired) electrons. The summed E-state index contributed by atoms with van der Waals surface area (Å²) in [4.78, 5) is 25.8. The third-order valence-electron chi connectivity index (χ3n) is 8.20. The van der Waals surface area contributed by atoms with Crippen molar-refractivity contribution in [2.75, 3.05) is 63.2 Å². The van der Waals surface area contributed by atoms with Crippen molar-refractivity contribution in [3.8, 4) is 18.0 Å². The largest absolute Gasteiger partial charge is 0.475 e. The summed E-state index contributed by atoms with van der Waals surface area (Å²) in [6.07, 6.45) is 2.21. The Bertz CT molecular complexity index is 1580. The van der Waals surface area contributed by atoms with E-state index in [0.29, 0.717) is 57.2 Å². The molecule has 0 bridgehead atoms. The van der Waals surface area contributed by atoms with Crippen molar-refractivity contribution in [3.63, 3.8) is 0 Å². The number of hydrogen-bond donors (Lipinski definition) is 0. The van der Waals surface area contributed by atoms with Gasteiger partial charge in [-0.2, -0.15) is 10.5 Å². The fourth-order valence-electron chi connectivity index (χ4n) is 6.13. The third kappa shape index (κ3) is 5.61. The number of rotatable bonds is 8. The van der Waals surface area contributed by atoms with Crippen molar-refractivity contribution in [2.24, 2.45) is 0 Å². The van der Waals surface area contributed by atoms with Gasteiger partial charge in [-0.25, -0.2) is 4.98 Å². The molecule has 1 atom stereocenters. The molecule has 3 aromatic rings. The van der Waals surface area contributed by atoms with E-state index in [1.807, 2.05) is 19.0 Å². The van der Waals surface area contributed by atoms with Crippen LogP contribution in [0.5, 0.6) is 5.88 Å². The first-order valence-electron chi connectivity index (χ1n) is 14.4. The monoisotopic (exact) mass is 563 g/mol. The van der Waals surface area contributed by atoms with Crippen molar-refractivity contribution >= 4 is 28.1 Å². The van der Waals surface area contributed by atoms with Gasteiger partial charge >= 0.3 is 0 Å². The Balaban J connectivity index is 1.57. The Morgan fingerprint density at radius 3 is 2.67 bits per heavy atom. The molecule has 1 saturated heterocycles. The molecule has 2 aromatic carbocycles. The van der Waals surface area contributed by atoms with Crippen molar-refractivity contribution in [3.05, 3.63) is 71.4 Å². The SMILES string of the molecule is C=CC(=O)N1CCN(c2c(C#N)c(OCCN(C)C)nc3c2CCN(c2cccc4cccc(C)c24)C3)CC1CC#N. The number of hydrogen-bond acceptors (Lipinski definition) is 8. The molecule has 9 heteroatoms. The van der Waals surface area contributed by atoms with Crippen LogP contribution in [0.4, 0.5) is 11.4 Å². The Labute approximate surface area is 247 Å². The molecular weight excluding hydrogens is 526 g/mol. The minimum absolute atomic E-state index is 0.180. The summed E-state index contributed by atoms with van der Waals surface area (Å²) in [5.41, 5.74) is 5.57. The second-order valence-corrected chi connectivity index (χ2v) is 11.1. The number of ether oxygens (including phenoxy) is 1. The number of pyridine rings is 1. The first-order valence-corrected chi connectivity index (χ1v) is 14.4. The number of nitrogens with zero attached hydrogens (tertiary/aromatic N) is 7. The van der Waals surface area contributed by atoms with Gasteiger partial charge in [-0.05, 0) is 50.5 Å². The molecule has 1 fully saturated rings. The molecule has 1 amide bonds. The predicted molar refractivity (Wildman–Crippen MR) is 165 cm³/mol. The van der Waals surface area contributed by atoms with Crippen LogP contribution in [-0.4, -0.2) is 80.2 Å². The second-order valence-electron chi connectivity index (χ2n) is 11.1. The summed E-state index contributed by atoms with van der Waals surface area (Å²) in [5, 5.41) is 22.4. The highest BCUT2D eigenvalue weighted by molar-refractivity contribution is 5.97. The van der Waals surface area contributed by atoms with Gasteiger partial charge in [-0.3, -0.25) is 4.79 Å². The summed E-state index contributed by atoms with van der Waals surface area (Å²) >= 11 is 0. The van der Waals surface area contributed by atoms with Gasteiger partial charge in [0.25, 0.3) is 0 Å². The summed E-state index contributed by atoms with van der Waals surface area (Å²) in [6, 6.07) is 17.1. The molecule has 0 spiro atoms. The summed E-state index contributed by atoms with van der Waals surface area (Å²) in [5.74, 6) is 0.159. The molecule has 0 aliphatic carbocycles. The number of anilines is 2. The second kappa shape index (κ2) is 12.5. The molecule has 1 aromatic heterocycles. The number of amides is 1. The average molecular weight is 564 g/mol. The number of fused-ring (bicyclic) bond motifs is 2. The number of carbonyl (C=O) groups excluding carboxylic acids is 1. The molecule has 42 heavy (non-hydrogen) atoms. The standard InChI is InChI=1S/C33H37N7O2/c1-5-30(41)40-17-16-39(21-25(40)12-14-34)32-26-13-15-38(29-11-7-10-24-9-6-8-23(2)31(24)29)22-28(26)36-33(27(32)20-35)42-19-18-37(3)4/h5-11,25H,1,12-13,15-19,21-22H2,2-4H3. The minimum atomic E-state index is -0.304. The lowest BCUT2D eigenvalue weighted by atomic mass is 9.95. The van der Waals surface area contributed by atoms with Gasteiger partial charge in [-0.15, -0.1) is 0 Å². The van der Waals surface area contributed by atoms with E-state index in [0.717, 1.165) is 23.5 Å². The average Bonchev–Trinajstić information content (AvgIpc) is 2.99. The van der Waals surface area contributed by atoms with Crippen LogP contribution >= 0.6 is 0 Å². The Kier molecular flexibility index (Phi) is 8.61. The molecule has 9 nitrogen and oxygen atoms in total. The maximum absolute atomic E-state index is 12.6. The van der Waals surface area contributed by atoms with Crippen LogP contribution in [0.15, 0.2) is 49.1 Å². The van der Waals surface area contributed by atoms with Gasteiger partial charge in [0.05, 0.1) is 36.5 Å². The summed E-state index contributed by atoms with van der Waals surface area (Å²) in [7, 11) is 3.95. The molecule has 2 aliphatic heterocycles. The lowest BCUT2D eigenvalue weighted by Crippen LogP contribution is -2.55. The van der Waals surface area contributed by atoms with Crippen LogP contribution in [-0.2, 0) is 17.8 Å². The number of likely N-dealkylation sites (N-methyl/N-ethyl adjacent to an activating group) is 1.